The number of ether oxygens (including phenoxy) is 8. The molecular weight excluding hydrogens is 865 g/mol. The maximum atomic E-state index is 11.0. The second-order valence-corrected chi connectivity index (χ2v) is 16.8. The number of esters is 2. The average molecular weight is 937 g/mol. The van der Waals surface area contributed by atoms with Crippen molar-refractivity contribution in [2.75, 3.05) is 39.6 Å². The highest BCUT2D eigenvalue weighted by Crippen LogP contribution is 2.23. The number of carbonyl (C=O) groups is 2. The van der Waals surface area contributed by atoms with Crippen LogP contribution in [0.5, 0.6) is 11.5 Å². The highest BCUT2D eigenvalue weighted by molar-refractivity contribution is 5.81. The Bertz CT molecular complexity index is 1850. The van der Waals surface area contributed by atoms with Gasteiger partial charge in [0.15, 0.2) is 23.1 Å². The van der Waals surface area contributed by atoms with Crippen LogP contribution in [-0.2, 0) is 51.2 Å². The molecule has 0 bridgehead atoms. The van der Waals surface area contributed by atoms with Crippen molar-refractivity contribution in [3.63, 3.8) is 0 Å². The minimum absolute atomic E-state index is 0.319. The molecule has 1 aliphatic rings. The van der Waals surface area contributed by atoms with Gasteiger partial charge in [0, 0.05) is 23.3 Å². The van der Waals surface area contributed by atoms with Gasteiger partial charge in [-0.3, -0.25) is 0 Å². The Morgan fingerprint density at radius 2 is 0.779 bits per heavy atom. The average Bonchev–Trinajstić information content (AvgIpc) is 3.38. The summed E-state index contributed by atoms with van der Waals surface area (Å²) in [6.45, 7) is 10.5. The Labute approximate surface area is 403 Å². The van der Waals surface area contributed by atoms with E-state index >= 15 is 0 Å². The van der Waals surface area contributed by atoms with E-state index in [9.17, 15) is 9.59 Å². The normalized spacial score (nSPS) is 14.5. The van der Waals surface area contributed by atoms with Crippen LogP contribution in [0.3, 0.4) is 0 Å². The Morgan fingerprint density at radius 1 is 0.471 bits per heavy atom. The molecule has 5 rings (SSSR count). The smallest absolute Gasteiger partial charge is 0.330 e. The highest BCUT2D eigenvalue weighted by atomic mass is 16.8. The number of hydrogen-bond acceptors (Lipinski definition) is 14. The Morgan fingerprint density at radius 3 is 1.10 bits per heavy atom. The van der Waals surface area contributed by atoms with E-state index in [0.29, 0.717) is 76.0 Å². The van der Waals surface area contributed by atoms with Crippen molar-refractivity contribution in [2.45, 2.75) is 141 Å². The number of benzene rings is 2. The van der Waals surface area contributed by atoms with E-state index in [1.54, 1.807) is 24.8 Å². The zero-order chi connectivity index (χ0) is 47.7. The van der Waals surface area contributed by atoms with Crippen LogP contribution in [0, 0.1) is 0 Å². The fraction of sp³-hybridized carbons (Fsp3) is 0.519. The molecule has 4 aromatic rings. The zero-order valence-electron chi connectivity index (χ0n) is 39.9. The number of rotatable bonds is 36. The van der Waals surface area contributed by atoms with E-state index in [2.05, 4.69) is 33.1 Å². The number of unbranched alkanes of at least 4 members (excludes halogenated alkanes) is 16. The van der Waals surface area contributed by atoms with Gasteiger partial charge in [-0.2, -0.15) is 0 Å². The quantitative estimate of drug-likeness (QED) is 0.0241. The van der Waals surface area contributed by atoms with Gasteiger partial charge >= 0.3 is 11.9 Å². The van der Waals surface area contributed by atoms with Crippen molar-refractivity contribution in [3.05, 3.63) is 110 Å². The maximum absolute atomic E-state index is 11.0. The Hall–Kier alpha value is -5.54. The van der Waals surface area contributed by atoms with Crippen LogP contribution in [0.4, 0.5) is 0 Å². The summed E-state index contributed by atoms with van der Waals surface area (Å²) in [5.74, 6) is 1.90. The van der Waals surface area contributed by atoms with E-state index in [1.165, 1.54) is 76.4 Å². The summed E-state index contributed by atoms with van der Waals surface area (Å²) in [6.07, 6.45) is 28.3. The van der Waals surface area contributed by atoms with Gasteiger partial charge in [-0.1, -0.05) is 152 Å². The van der Waals surface area contributed by atoms with Gasteiger partial charge in [0.25, 0.3) is 0 Å². The molecule has 14 nitrogen and oxygen atoms in total. The lowest BCUT2D eigenvalue weighted by Crippen LogP contribution is -2.41. The molecule has 368 valence electrons. The molecular formula is C54H72N4O10. The molecule has 0 unspecified atom stereocenters. The van der Waals surface area contributed by atoms with Crippen molar-refractivity contribution < 1.29 is 47.5 Å². The van der Waals surface area contributed by atoms with Gasteiger partial charge in [-0.25, -0.2) is 29.5 Å². The first-order valence-corrected chi connectivity index (χ1v) is 24.6. The number of carbonyl (C=O) groups excluding carboxylic acids is 2. The van der Waals surface area contributed by atoms with Crippen LogP contribution in [-0.4, -0.2) is 84.1 Å². The van der Waals surface area contributed by atoms with Crippen LogP contribution >= 0.6 is 0 Å². The fourth-order valence-electron chi connectivity index (χ4n) is 7.40. The second kappa shape index (κ2) is 33.0. The molecule has 0 saturated carbocycles. The molecule has 1 aliphatic heterocycles. The molecule has 1 fully saturated rings. The standard InChI is InChI=1S/C54H72N4O10/c1-3-49(59)63-33-21-17-13-9-5-7-11-15-19-31-61-47-37-55-51(56-38-47)45-27-23-43(24-28-45)41-67-53-54(66-36-35-65-53)68-42-44-25-29-46(30-26-44)52-57-39-48(40-58-52)62-32-20-16-12-8-6-10-14-18-22-34-64-50(60)4-2/h3-4,23-30,37-40,53-54H,1-2,5-22,31-36,41-42H2/t53-,54-/m0/s1. The lowest BCUT2D eigenvalue weighted by Gasteiger charge is -2.31. The van der Waals surface area contributed by atoms with Crippen molar-refractivity contribution in [1.29, 1.82) is 0 Å². The summed E-state index contributed by atoms with van der Waals surface area (Å²) in [6, 6.07) is 15.9. The zero-order valence-corrected chi connectivity index (χ0v) is 39.9. The molecule has 0 N–H and O–H groups in total. The van der Waals surface area contributed by atoms with Gasteiger partial charge < -0.3 is 37.9 Å². The molecule has 14 heteroatoms. The van der Waals surface area contributed by atoms with Gasteiger partial charge in [0.1, 0.15) is 0 Å². The first-order valence-electron chi connectivity index (χ1n) is 24.6. The Balaban J connectivity index is 0.901. The molecule has 0 aliphatic carbocycles. The third-order valence-corrected chi connectivity index (χ3v) is 11.3. The van der Waals surface area contributed by atoms with E-state index in [0.717, 1.165) is 73.6 Å². The molecule has 3 heterocycles. The van der Waals surface area contributed by atoms with E-state index in [4.69, 9.17) is 37.9 Å². The van der Waals surface area contributed by atoms with E-state index < -0.39 is 12.6 Å². The van der Waals surface area contributed by atoms with Gasteiger partial charge in [-0.05, 0) is 36.8 Å². The van der Waals surface area contributed by atoms with Crippen molar-refractivity contribution in [1.82, 2.24) is 19.9 Å². The molecule has 68 heavy (non-hydrogen) atoms. The van der Waals surface area contributed by atoms with Gasteiger partial charge in [-0.15, -0.1) is 0 Å². The van der Waals surface area contributed by atoms with Crippen LogP contribution < -0.4 is 9.47 Å². The maximum Gasteiger partial charge on any atom is 0.330 e. The largest absolute Gasteiger partial charge is 0.490 e. The molecule has 0 spiro atoms. The predicted molar refractivity (Wildman–Crippen MR) is 260 cm³/mol. The summed E-state index contributed by atoms with van der Waals surface area (Å²) in [5, 5.41) is 0. The van der Waals surface area contributed by atoms with E-state index in [-0.39, 0.29) is 11.9 Å². The predicted octanol–water partition coefficient (Wildman–Crippen LogP) is 11.3. The van der Waals surface area contributed by atoms with E-state index in [1.807, 2.05) is 48.5 Å². The summed E-state index contributed by atoms with van der Waals surface area (Å²) < 4.78 is 45.8. The van der Waals surface area contributed by atoms with Crippen LogP contribution in [0.25, 0.3) is 22.8 Å². The topological polar surface area (TPSA) is 160 Å². The summed E-state index contributed by atoms with van der Waals surface area (Å²) in [5.41, 5.74) is 3.73. The number of nitrogens with zero attached hydrogens (tertiary/aromatic N) is 4. The first kappa shape index (κ1) is 53.4. The monoisotopic (exact) mass is 937 g/mol. The molecule has 2 atom stereocenters. The highest BCUT2D eigenvalue weighted by Gasteiger charge is 2.29. The third-order valence-electron chi connectivity index (χ3n) is 11.3. The Kier molecular flexibility index (Phi) is 26.0. The fourth-order valence-corrected chi connectivity index (χ4v) is 7.40. The molecule has 0 radical (unpaired) electrons. The van der Waals surface area contributed by atoms with Gasteiger partial charge in [0.2, 0.25) is 12.6 Å². The minimum Gasteiger partial charge on any atom is -0.490 e. The molecule has 2 aromatic carbocycles. The van der Waals surface area contributed by atoms with Crippen LogP contribution in [0.15, 0.2) is 98.6 Å². The van der Waals surface area contributed by atoms with Crippen LogP contribution in [0.2, 0.25) is 0 Å². The van der Waals surface area contributed by atoms with Crippen molar-refractivity contribution in [3.8, 4) is 34.3 Å². The number of aromatic nitrogens is 4. The van der Waals surface area contributed by atoms with Crippen molar-refractivity contribution >= 4 is 11.9 Å². The molecule has 2 aromatic heterocycles. The lowest BCUT2D eigenvalue weighted by molar-refractivity contribution is -0.326. The lowest BCUT2D eigenvalue weighted by atomic mass is 10.1. The van der Waals surface area contributed by atoms with Crippen molar-refractivity contribution in [2.24, 2.45) is 0 Å². The minimum atomic E-state index is -0.674. The molecule has 1 saturated heterocycles. The molecule has 0 amide bonds. The third kappa shape index (κ3) is 21.6. The van der Waals surface area contributed by atoms with Gasteiger partial charge in [0.05, 0.1) is 77.6 Å². The first-order chi connectivity index (χ1) is 33.5. The summed E-state index contributed by atoms with van der Waals surface area (Å²) >= 11 is 0. The van der Waals surface area contributed by atoms with Crippen LogP contribution in [0.1, 0.15) is 127 Å². The second-order valence-electron chi connectivity index (χ2n) is 16.8. The SMILES string of the molecule is C=CC(=O)OCCCCCCCCCCCOc1cnc(-c2ccc(CO[C@@H]3OCCO[C@H]3OCc3ccc(-c4ncc(OCCCCCCCCCCCOC(=O)C=C)cn4)cc3)cc2)nc1. The summed E-state index contributed by atoms with van der Waals surface area (Å²) in [4.78, 5) is 40.2. The summed E-state index contributed by atoms with van der Waals surface area (Å²) in [7, 11) is 0. The number of hydrogen-bond donors (Lipinski definition) is 0.